The predicted octanol–water partition coefficient (Wildman–Crippen LogP) is 7.68. The molecule has 4 nitrogen and oxygen atoms in total. The predicted molar refractivity (Wildman–Crippen MR) is 156 cm³/mol. The molecule has 35 heavy (non-hydrogen) atoms. The van der Waals surface area contributed by atoms with Gasteiger partial charge in [-0.05, 0) is 60.6 Å². The zero-order valence-corrected chi connectivity index (χ0v) is 22.9. The summed E-state index contributed by atoms with van der Waals surface area (Å²) in [6.07, 6.45) is 3.68. The van der Waals surface area contributed by atoms with Crippen molar-refractivity contribution >= 4 is 68.0 Å². The molecule has 3 aromatic rings. The Morgan fingerprint density at radius 1 is 0.800 bits per heavy atom. The highest BCUT2D eigenvalue weighted by atomic mass is 32.2. The molecular formula is C27H29NO3S4. The lowest BCUT2D eigenvalue weighted by Crippen LogP contribution is -2.18. The number of thioether (sulfide) groups is 3. The minimum atomic E-state index is -3.85. The molecular weight excluding hydrogens is 515 g/mol. The molecule has 0 amide bonds. The SMILES string of the molecule is CSC(SCCCSCCCS(=O)(=O)O)=C1c2ccccc2N(c2ccccc2)c2ccccc21. The van der Waals surface area contributed by atoms with Crippen LogP contribution in [0.5, 0.6) is 0 Å². The van der Waals surface area contributed by atoms with Crippen molar-refractivity contribution in [3.05, 3.63) is 94.2 Å². The van der Waals surface area contributed by atoms with Crippen LogP contribution in [0.1, 0.15) is 24.0 Å². The van der Waals surface area contributed by atoms with Gasteiger partial charge in [-0.3, -0.25) is 4.55 Å². The minimum absolute atomic E-state index is 0.156. The van der Waals surface area contributed by atoms with Gasteiger partial charge in [0.05, 0.1) is 17.1 Å². The van der Waals surface area contributed by atoms with Crippen molar-refractivity contribution in [2.45, 2.75) is 12.8 Å². The first-order valence-electron chi connectivity index (χ1n) is 11.5. The van der Waals surface area contributed by atoms with Crippen molar-refractivity contribution in [3.8, 4) is 0 Å². The Morgan fingerprint density at radius 3 is 1.97 bits per heavy atom. The van der Waals surface area contributed by atoms with Crippen LogP contribution in [0, 0.1) is 0 Å². The Balaban J connectivity index is 1.55. The summed E-state index contributed by atoms with van der Waals surface area (Å²) in [5.74, 6) is 2.56. The lowest BCUT2D eigenvalue weighted by molar-refractivity contribution is 0.482. The van der Waals surface area contributed by atoms with Gasteiger partial charge in [0, 0.05) is 26.6 Å². The van der Waals surface area contributed by atoms with Crippen LogP contribution in [0.25, 0.3) is 5.57 Å². The third-order valence-corrected chi connectivity index (χ3v) is 9.94. The molecule has 0 atom stereocenters. The maximum absolute atomic E-state index is 10.8. The Bertz CT molecular complexity index is 1230. The van der Waals surface area contributed by atoms with Gasteiger partial charge >= 0.3 is 0 Å². The van der Waals surface area contributed by atoms with Crippen molar-refractivity contribution in [1.29, 1.82) is 0 Å². The number of hydrogen-bond donors (Lipinski definition) is 1. The normalized spacial score (nSPS) is 12.9. The smallest absolute Gasteiger partial charge is 0.264 e. The highest BCUT2D eigenvalue weighted by Gasteiger charge is 2.29. The van der Waals surface area contributed by atoms with Crippen LogP contribution in [0.3, 0.4) is 0 Å². The van der Waals surface area contributed by atoms with Gasteiger partial charge in [-0.15, -0.1) is 23.5 Å². The summed E-state index contributed by atoms with van der Waals surface area (Å²) >= 11 is 5.44. The van der Waals surface area contributed by atoms with Crippen molar-refractivity contribution in [1.82, 2.24) is 0 Å². The number of fused-ring (bicyclic) bond motifs is 2. The fourth-order valence-corrected chi connectivity index (χ4v) is 7.87. The van der Waals surface area contributed by atoms with Gasteiger partial charge in [0.25, 0.3) is 10.1 Å². The van der Waals surface area contributed by atoms with E-state index in [-0.39, 0.29) is 5.75 Å². The topological polar surface area (TPSA) is 57.6 Å². The number of anilines is 3. The van der Waals surface area contributed by atoms with Crippen LogP contribution >= 0.6 is 35.3 Å². The van der Waals surface area contributed by atoms with Gasteiger partial charge in [-0.2, -0.15) is 20.2 Å². The van der Waals surface area contributed by atoms with Gasteiger partial charge in [0.15, 0.2) is 0 Å². The van der Waals surface area contributed by atoms with E-state index in [2.05, 4.69) is 84.0 Å². The van der Waals surface area contributed by atoms with Gasteiger partial charge in [0.2, 0.25) is 0 Å². The molecule has 0 aliphatic carbocycles. The first-order valence-corrected chi connectivity index (χ1v) is 16.4. The van der Waals surface area contributed by atoms with Crippen molar-refractivity contribution in [2.24, 2.45) is 0 Å². The molecule has 0 fully saturated rings. The molecule has 0 bridgehead atoms. The van der Waals surface area contributed by atoms with E-state index in [1.807, 2.05) is 17.8 Å². The summed E-state index contributed by atoms with van der Waals surface area (Å²) in [7, 11) is -3.85. The minimum Gasteiger partial charge on any atom is -0.309 e. The third kappa shape index (κ3) is 6.68. The van der Waals surface area contributed by atoms with E-state index in [9.17, 15) is 8.42 Å². The molecule has 0 aromatic heterocycles. The summed E-state index contributed by atoms with van der Waals surface area (Å²) in [6.45, 7) is 0. The van der Waals surface area contributed by atoms with Gasteiger partial charge in [-0.1, -0.05) is 54.6 Å². The van der Waals surface area contributed by atoms with Gasteiger partial charge < -0.3 is 4.90 Å². The van der Waals surface area contributed by atoms with E-state index in [0.29, 0.717) is 6.42 Å². The van der Waals surface area contributed by atoms with Gasteiger partial charge in [0.1, 0.15) is 0 Å². The molecule has 184 valence electrons. The number of benzene rings is 3. The average Bonchev–Trinajstić information content (AvgIpc) is 2.86. The second-order valence-corrected chi connectivity index (χ2v) is 13.0. The van der Waals surface area contributed by atoms with Gasteiger partial charge in [-0.25, -0.2) is 0 Å². The summed E-state index contributed by atoms with van der Waals surface area (Å²) in [5.41, 5.74) is 7.30. The van der Waals surface area contributed by atoms with Crippen molar-refractivity contribution < 1.29 is 13.0 Å². The highest BCUT2D eigenvalue weighted by Crippen LogP contribution is 2.52. The lowest BCUT2D eigenvalue weighted by atomic mass is 9.91. The molecule has 0 radical (unpaired) electrons. The molecule has 0 spiro atoms. The zero-order valence-electron chi connectivity index (χ0n) is 19.6. The van der Waals surface area contributed by atoms with Crippen molar-refractivity contribution in [2.75, 3.05) is 34.2 Å². The summed E-state index contributed by atoms with van der Waals surface area (Å²) < 4.78 is 31.8. The standard InChI is InChI=1S/C27H29NO3S4/c1-32-27(34-19-9-17-33-18-10-20-35(29,30)31)26-22-13-5-7-15-24(22)28(21-11-3-2-4-12-21)25-16-8-6-14-23(25)26/h2-8,11-16H,9-10,17-20H2,1H3,(H,29,30,31). The maximum Gasteiger partial charge on any atom is 0.264 e. The first kappa shape index (κ1) is 26.2. The van der Waals surface area contributed by atoms with E-state index in [1.54, 1.807) is 23.5 Å². The Labute approximate surface area is 221 Å². The average molecular weight is 544 g/mol. The molecule has 1 N–H and O–H groups in total. The van der Waals surface area contributed by atoms with E-state index in [4.69, 9.17) is 4.55 Å². The molecule has 8 heteroatoms. The Morgan fingerprint density at radius 2 is 1.37 bits per heavy atom. The highest BCUT2D eigenvalue weighted by molar-refractivity contribution is 8.22. The van der Waals surface area contributed by atoms with E-state index < -0.39 is 10.1 Å². The molecule has 0 saturated heterocycles. The third-order valence-electron chi connectivity index (χ3n) is 5.59. The molecule has 1 aliphatic rings. The fraction of sp³-hybridized carbons (Fsp3) is 0.259. The van der Waals surface area contributed by atoms with Crippen LogP contribution in [0.2, 0.25) is 0 Å². The number of para-hydroxylation sites is 3. The zero-order chi connectivity index (χ0) is 24.7. The lowest BCUT2D eigenvalue weighted by Gasteiger charge is -2.35. The van der Waals surface area contributed by atoms with Crippen LogP contribution in [-0.4, -0.2) is 42.2 Å². The van der Waals surface area contributed by atoms with E-state index in [1.165, 1.54) is 32.3 Å². The summed E-state index contributed by atoms with van der Waals surface area (Å²) in [4.78, 5) is 2.35. The molecule has 4 rings (SSSR count). The van der Waals surface area contributed by atoms with Crippen LogP contribution < -0.4 is 4.90 Å². The van der Waals surface area contributed by atoms with E-state index >= 15 is 0 Å². The second kappa shape index (κ2) is 12.4. The Kier molecular flexibility index (Phi) is 9.30. The fourth-order valence-electron chi connectivity index (χ4n) is 4.11. The molecule has 0 saturated carbocycles. The van der Waals surface area contributed by atoms with Crippen molar-refractivity contribution in [3.63, 3.8) is 0 Å². The number of rotatable bonds is 11. The Hall–Kier alpha value is -1.84. The molecule has 0 unspecified atom stereocenters. The summed E-state index contributed by atoms with van der Waals surface area (Å²) in [5, 5.41) is 0. The monoisotopic (exact) mass is 543 g/mol. The second-order valence-electron chi connectivity index (χ2n) is 8.03. The number of nitrogens with zero attached hydrogens (tertiary/aromatic N) is 1. The quantitative estimate of drug-likeness (QED) is 0.154. The van der Waals surface area contributed by atoms with Crippen LogP contribution in [0.4, 0.5) is 17.1 Å². The molecule has 3 aromatic carbocycles. The van der Waals surface area contributed by atoms with E-state index in [0.717, 1.165) is 29.4 Å². The van der Waals surface area contributed by atoms with Crippen LogP contribution in [0.15, 0.2) is 83.1 Å². The first-order chi connectivity index (χ1) is 17.0. The number of hydrogen-bond acceptors (Lipinski definition) is 6. The van der Waals surface area contributed by atoms with Crippen LogP contribution in [-0.2, 0) is 10.1 Å². The maximum atomic E-state index is 10.8. The molecule has 1 heterocycles. The molecule has 1 aliphatic heterocycles. The summed E-state index contributed by atoms with van der Waals surface area (Å²) in [6, 6.07) is 27.8. The largest absolute Gasteiger partial charge is 0.309 e.